The summed E-state index contributed by atoms with van der Waals surface area (Å²) in [5.74, 6) is 0.404. The first kappa shape index (κ1) is 17.4. The van der Waals surface area contributed by atoms with Crippen LogP contribution in [0.2, 0.25) is 0 Å². The Bertz CT molecular complexity index is 354. The van der Waals surface area contributed by atoms with Gasteiger partial charge >= 0.3 is 5.97 Å². The van der Waals surface area contributed by atoms with Crippen molar-refractivity contribution in [2.24, 2.45) is 5.92 Å². The van der Waals surface area contributed by atoms with Crippen LogP contribution in [-0.2, 0) is 14.3 Å². The molecule has 19 heavy (non-hydrogen) atoms. The molecule has 1 amide bonds. The molecule has 0 radical (unpaired) electrons. The number of carbonyl (C=O) groups excluding carboxylic acids is 2. The first-order chi connectivity index (χ1) is 8.90. The molecule has 0 spiro atoms. The van der Waals surface area contributed by atoms with Gasteiger partial charge in [0.05, 0.1) is 0 Å². The zero-order valence-electron chi connectivity index (χ0n) is 12.4. The van der Waals surface area contributed by atoms with Gasteiger partial charge < -0.3 is 10.1 Å². The van der Waals surface area contributed by atoms with Crippen LogP contribution in [0.3, 0.4) is 0 Å². The van der Waals surface area contributed by atoms with Crippen molar-refractivity contribution in [2.75, 3.05) is 6.54 Å². The van der Waals surface area contributed by atoms with Crippen molar-refractivity contribution in [3.8, 4) is 0 Å². The van der Waals surface area contributed by atoms with Gasteiger partial charge in [0.15, 0.2) is 0 Å². The lowest BCUT2D eigenvalue weighted by atomic mass is 9.99. The van der Waals surface area contributed by atoms with Crippen molar-refractivity contribution >= 4 is 11.9 Å². The van der Waals surface area contributed by atoms with Gasteiger partial charge in [-0.3, -0.25) is 4.79 Å². The first-order valence-corrected chi connectivity index (χ1v) is 6.71. The fourth-order valence-electron chi connectivity index (χ4n) is 1.52. The van der Waals surface area contributed by atoms with Crippen molar-refractivity contribution in [1.29, 1.82) is 0 Å². The van der Waals surface area contributed by atoms with E-state index in [1.807, 2.05) is 6.08 Å². The molecule has 0 saturated carbocycles. The van der Waals surface area contributed by atoms with E-state index in [9.17, 15) is 9.59 Å². The predicted molar refractivity (Wildman–Crippen MR) is 76.4 cm³/mol. The van der Waals surface area contributed by atoms with Crippen molar-refractivity contribution in [1.82, 2.24) is 5.32 Å². The van der Waals surface area contributed by atoms with Gasteiger partial charge in [-0.05, 0) is 32.3 Å². The molecule has 0 rings (SSSR count). The monoisotopic (exact) mass is 267 g/mol. The molecule has 108 valence electrons. The summed E-state index contributed by atoms with van der Waals surface area (Å²) in [4.78, 5) is 22.6. The average molecular weight is 267 g/mol. The van der Waals surface area contributed by atoms with Crippen LogP contribution in [0.25, 0.3) is 0 Å². The predicted octanol–water partition coefficient (Wildman–Crippen LogP) is 2.95. The highest BCUT2D eigenvalue weighted by atomic mass is 16.5. The largest absolute Gasteiger partial charge is 0.430 e. The maximum Gasteiger partial charge on any atom is 0.330 e. The Morgan fingerprint density at radius 2 is 1.84 bits per heavy atom. The van der Waals surface area contributed by atoms with Crippen LogP contribution in [0.4, 0.5) is 0 Å². The number of allylic oxidation sites excluding steroid dienone is 2. The lowest BCUT2D eigenvalue weighted by Gasteiger charge is -2.10. The molecule has 1 N–H and O–H groups in total. The topological polar surface area (TPSA) is 55.4 Å². The summed E-state index contributed by atoms with van der Waals surface area (Å²) in [6.07, 6.45) is 5.06. The van der Waals surface area contributed by atoms with Crippen molar-refractivity contribution in [2.45, 2.75) is 47.0 Å². The SMILES string of the molecule is C=C(C)C(=O)NCC(=O)O/C(C)=C\CC(CC)CC. The van der Waals surface area contributed by atoms with E-state index in [1.165, 1.54) is 0 Å². The third-order valence-electron chi connectivity index (χ3n) is 2.95. The van der Waals surface area contributed by atoms with E-state index in [0.29, 0.717) is 17.3 Å². The van der Waals surface area contributed by atoms with Gasteiger partial charge in [-0.2, -0.15) is 0 Å². The van der Waals surface area contributed by atoms with E-state index in [-0.39, 0.29) is 12.5 Å². The molecule has 4 nitrogen and oxygen atoms in total. The second kappa shape index (κ2) is 9.36. The third kappa shape index (κ3) is 8.19. The third-order valence-corrected chi connectivity index (χ3v) is 2.95. The molecule has 0 aliphatic carbocycles. The smallest absolute Gasteiger partial charge is 0.330 e. The number of hydrogen-bond donors (Lipinski definition) is 1. The van der Waals surface area contributed by atoms with Gasteiger partial charge in [-0.1, -0.05) is 33.3 Å². The van der Waals surface area contributed by atoms with E-state index < -0.39 is 5.97 Å². The summed E-state index contributed by atoms with van der Waals surface area (Å²) in [6.45, 7) is 11.0. The lowest BCUT2D eigenvalue weighted by Crippen LogP contribution is -2.30. The maximum absolute atomic E-state index is 11.5. The molecule has 0 aromatic rings. The second-order valence-electron chi connectivity index (χ2n) is 4.67. The van der Waals surface area contributed by atoms with Crippen LogP contribution >= 0.6 is 0 Å². The molecule has 0 aliphatic rings. The number of hydrogen-bond acceptors (Lipinski definition) is 3. The minimum atomic E-state index is -0.465. The highest BCUT2D eigenvalue weighted by Gasteiger charge is 2.08. The fourth-order valence-corrected chi connectivity index (χ4v) is 1.52. The zero-order valence-corrected chi connectivity index (χ0v) is 12.4. The molecule has 0 aromatic heterocycles. The summed E-state index contributed by atoms with van der Waals surface area (Å²) in [5.41, 5.74) is 0.369. The standard InChI is InChI=1S/C15H25NO3/c1-6-13(7-2)9-8-12(5)19-14(17)10-16-15(18)11(3)4/h8,13H,3,6-7,9-10H2,1-2,4-5H3,(H,16,18)/b12-8-. The summed E-state index contributed by atoms with van der Waals surface area (Å²) < 4.78 is 5.10. The second-order valence-corrected chi connectivity index (χ2v) is 4.67. The highest BCUT2D eigenvalue weighted by molar-refractivity contribution is 5.94. The van der Waals surface area contributed by atoms with E-state index in [2.05, 4.69) is 25.7 Å². The Labute approximate surface area is 115 Å². The van der Waals surface area contributed by atoms with Gasteiger partial charge in [-0.25, -0.2) is 4.79 Å². The lowest BCUT2D eigenvalue weighted by molar-refractivity contribution is -0.139. The molecule has 0 saturated heterocycles. The molecule has 0 heterocycles. The number of ether oxygens (including phenoxy) is 1. The number of nitrogens with one attached hydrogen (secondary N) is 1. The summed E-state index contributed by atoms with van der Waals surface area (Å²) in [7, 11) is 0. The Balaban J connectivity index is 4.08. The average Bonchev–Trinajstić information content (AvgIpc) is 2.36. The quantitative estimate of drug-likeness (QED) is 0.418. The summed E-state index contributed by atoms with van der Waals surface area (Å²) in [5, 5.41) is 2.43. The first-order valence-electron chi connectivity index (χ1n) is 6.71. The molecular weight excluding hydrogens is 242 g/mol. The van der Waals surface area contributed by atoms with E-state index >= 15 is 0 Å². The van der Waals surface area contributed by atoms with Crippen LogP contribution in [0.15, 0.2) is 24.0 Å². The molecule has 0 aliphatic heterocycles. The number of esters is 1. The molecule has 0 bridgehead atoms. The number of rotatable bonds is 8. The number of carbonyl (C=O) groups is 2. The minimum absolute atomic E-state index is 0.137. The zero-order chi connectivity index (χ0) is 14.8. The number of amides is 1. The van der Waals surface area contributed by atoms with Gasteiger partial charge in [-0.15, -0.1) is 0 Å². The van der Waals surface area contributed by atoms with Crippen molar-refractivity contribution in [3.05, 3.63) is 24.0 Å². The maximum atomic E-state index is 11.5. The Morgan fingerprint density at radius 3 is 2.32 bits per heavy atom. The van der Waals surface area contributed by atoms with Crippen LogP contribution in [-0.4, -0.2) is 18.4 Å². The molecule has 0 unspecified atom stereocenters. The molecule has 0 atom stereocenters. The summed E-state index contributed by atoms with van der Waals surface area (Å²) in [6, 6.07) is 0. The van der Waals surface area contributed by atoms with Gasteiger partial charge in [0.25, 0.3) is 0 Å². The van der Waals surface area contributed by atoms with Crippen LogP contribution < -0.4 is 5.32 Å². The Kier molecular flexibility index (Phi) is 8.58. The molecule has 4 heteroatoms. The van der Waals surface area contributed by atoms with E-state index in [0.717, 1.165) is 19.3 Å². The molecule has 0 fully saturated rings. The highest BCUT2D eigenvalue weighted by Crippen LogP contribution is 2.14. The van der Waals surface area contributed by atoms with E-state index in [1.54, 1.807) is 13.8 Å². The Morgan fingerprint density at radius 1 is 1.26 bits per heavy atom. The van der Waals surface area contributed by atoms with Gasteiger partial charge in [0.2, 0.25) is 5.91 Å². The van der Waals surface area contributed by atoms with Crippen LogP contribution in [0.1, 0.15) is 47.0 Å². The van der Waals surface area contributed by atoms with Crippen LogP contribution in [0.5, 0.6) is 0 Å². The molecular formula is C15H25NO3. The van der Waals surface area contributed by atoms with Gasteiger partial charge in [0, 0.05) is 5.57 Å². The minimum Gasteiger partial charge on any atom is -0.430 e. The summed E-state index contributed by atoms with van der Waals surface area (Å²) >= 11 is 0. The van der Waals surface area contributed by atoms with Crippen molar-refractivity contribution < 1.29 is 14.3 Å². The van der Waals surface area contributed by atoms with Crippen LogP contribution in [0, 0.1) is 5.92 Å². The van der Waals surface area contributed by atoms with Crippen molar-refractivity contribution in [3.63, 3.8) is 0 Å². The Hall–Kier alpha value is -1.58. The normalized spacial score (nSPS) is 11.3. The van der Waals surface area contributed by atoms with Gasteiger partial charge in [0.1, 0.15) is 12.3 Å². The fraction of sp³-hybridized carbons (Fsp3) is 0.600. The molecule has 0 aromatic carbocycles. The van der Waals surface area contributed by atoms with E-state index in [4.69, 9.17) is 4.74 Å².